The van der Waals surface area contributed by atoms with E-state index in [4.69, 9.17) is 11.6 Å². The summed E-state index contributed by atoms with van der Waals surface area (Å²) in [5, 5.41) is 3.62. The van der Waals surface area contributed by atoms with Crippen LogP contribution >= 0.6 is 11.6 Å². The van der Waals surface area contributed by atoms with Gasteiger partial charge in [0.25, 0.3) is 0 Å². The molecule has 0 fully saturated rings. The molecule has 1 N–H and O–H groups in total. The minimum atomic E-state index is -0.349. The zero-order chi connectivity index (χ0) is 13.8. The monoisotopic (exact) mass is 271 g/mol. The number of halogens is 2. The van der Waals surface area contributed by atoms with Crippen molar-refractivity contribution in [3.8, 4) is 0 Å². The first-order valence-electron chi connectivity index (χ1n) is 6.53. The molecular formula is C15H23ClFN. The predicted octanol–water partition coefficient (Wildman–Crippen LogP) is 4.29. The van der Waals surface area contributed by atoms with Crippen LogP contribution in [0.3, 0.4) is 0 Å². The van der Waals surface area contributed by atoms with E-state index >= 15 is 0 Å². The Labute approximate surface area is 115 Å². The lowest BCUT2D eigenvalue weighted by molar-refractivity contribution is 0.209. The Bertz CT molecular complexity index is 392. The van der Waals surface area contributed by atoms with Crippen LogP contribution in [0.2, 0.25) is 5.02 Å². The van der Waals surface area contributed by atoms with Gasteiger partial charge in [-0.3, -0.25) is 0 Å². The van der Waals surface area contributed by atoms with Gasteiger partial charge >= 0.3 is 0 Å². The van der Waals surface area contributed by atoms with Crippen molar-refractivity contribution >= 4 is 11.6 Å². The Morgan fingerprint density at radius 3 is 2.56 bits per heavy atom. The van der Waals surface area contributed by atoms with Gasteiger partial charge in [0.05, 0.1) is 5.02 Å². The molecule has 0 saturated heterocycles. The highest BCUT2D eigenvalue weighted by atomic mass is 35.5. The summed E-state index contributed by atoms with van der Waals surface area (Å²) in [5.74, 6) is 0.193. The van der Waals surface area contributed by atoms with E-state index in [1.54, 1.807) is 6.07 Å². The zero-order valence-electron chi connectivity index (χ0n) is 11.7. The van der Waals surface area contributed by atoms with Gasteiger partial charge in [-0.05, 0) is 42.0 Å². The molecule has 1 aromatic carbocycles. The molecule has 1 aromatic rings. The molecule has 0 saturated carbocycles. The van der Waals surface area contributed by atoms with Gasteiger partial charge in [0.2, 0.25) is 0 Å². The maximum absolute atomic E-state index is 13.1. The average Bonchev–Trinajstić information content (AvgIpc) is 2.31. The molecule has 0 bridgehead atoms. The van der Waals surface area contributed by atoms with Gasteiger partial charge in [-0.25, -0.2) is 4.39 Å². The van der Waals surface area contributed by atoms with Gasteiger partial charge < -0.3 is 5.32 Å². The first-order valence-corrected chi connectivity index (χ1v) is 6.91. The second kappa shape index (κ2) is 6.53. The summed E-state index contributed by atoms with van der Waals surface area (Å²) in [7, 11) is 0. The Balaban J connectivity index is 2.85. The molecule has 1 unspecified atom stereocenters. The lowest BCUT2D eigenvalue weighted by Gasteiger charge is -2.34. The van der Waals surface area contributed by atoms with Crippen LogP contribution in [-0.2, 0) is 6.42 Å². The van der Waals surface area contributed by atoms with Gasteiger partial charge in [-0.1, -0.05) is 45.4 Å². The summed E-state index contributed by atoms with van der Waals surface area (Å²) in [6.07, 6.45) is 0.900. The fourth-order valence-electron chi connectivity index (χ4n) is 2.00. The highest BCUT2D eigenvalue weighted by molar-refractivity contribution is 6.30. The Morgan fingerprint density at radius 1 is 1.39 bits per heavy atom. The van der Waals surface area contributed by atoms with Crippen molar-refractivity contribution in [1.82, 2.24) is 5.32 Å². The summed E-state index contributed by atoms with van der Waals surface area (Å²) >= 11 is 5.84. The van der Waals surface area contributed by atoms with Crippen molar-refractivity contribution in [2.24, 2.45) is 11.3 Å². The first kappa shape index (κ1) is 15.5. The summed E-state index contributed by atoms with van der Waals surface area (Å²) in [6, 6.07) is 5.02. The molecule has 1 atom stereocenters. The molecular weight excluding hydrogens is 249 g/mol. The van der Waals surface area contributed by atoms with Crippen LogP contribution in [0, 0.1) is 17.2 Å². The molecule has 3 heteroatoms. The van der Waals surface area contributed by atoms with E-state index in [2.05, 4.69) is 33.0 Å². The fourth-order valence-corrected chi connectivity index (χ4v) is 2.20. The SMILES string of the molecule is CCNCC(C)(Cc1ccc(F)c(Cl)c1)C(C)C. The van der Waals surface area contributed by atoms with Gasteiger partial charge in [-0.15, -0.1) is 0 Å². The van der Waals surface area contributed by atoms with Crippen molar-refractivity contribution in [2.45, 2.75) is 34.1 Å². The van der Waals surface area contributed by atoms with E-state index in [0.29, 0.717) is 5.92 Å². The molecule has 0 amide bonds. The normalized spacial score (nSPS) is 14.8. The van der Waals surface area contributed by atoms with Crippen LogP contribution in [0.4, 0.5) is 4.39 Å². The van der Waals surface area contributed by atoms with Crippen molar-refractivity contribution < 1.29 is 4.39 Å². The smallest absolute Gasteiger partial charge is 0.141 e. The van der Waals surface area contributed by atoms with Crippen LogP contribution in [0.5, 0.6) is 0 Å². The second-order valence-corrected chi connectivity index (χ2v) is 5.92. The highest BCUT2D eigenvalue weighted by Gasteiger charge is 2.28. The molecule has 0 spiro atoms. The predicted molar refractivity (Wildman–Crippen MR) is 76.6 cm³/mol. The molecule has 102 valence electrons. The van der Waals surface area contributed by atoms with Gasteiger partial charge in [-0.2, -0.15) is 0 Å². The van der Waals surface area contributed by atoms with Crippen LogP contribution in [-0.4, -0.2) is 13.1 Å². The Morgan fingerprint density at radius 2 is 2.06 bits per heavy atom. The molecule has 0 radical (unpaired) electrons. The molecule has 0 aliphatic carbocycles. The summed E-state index contributed by atoms with van der Waals surface area (Å²) < 4.78 is 13.1. The van der Waals surface area contributed by atoms with E-state index in [-0.39, 0.29) is 16.3 Å². The van der Waals surface area contributed by atoms with Crippen LogP contribution in [0.15, 0.2) is 18.2 Å². The van der Waals surface area contributed by atoms with Gasteiger partial charge in [0.1, 0.15) is 5.82 Å². The van der Waals surface area contributed by atoms with Crippen molar-refractivity contribution in [2.75, 3.05) is 13.1 Å². The van der Waals surface area contributed by atoms with Crippen molar-refractivity contribution in [1.29, 1.82) is 0 Å². The molecule has 1 rings (SSSR count). The van der Waals surface area contributed by atoms with Crippen LogP contribution in [0.1, 0.15) is 33.3 Å². The first-order chi connectivity index (χ1) is 8.39. The van der Waals surface area contributed by atoms with Crippen LogP contribution < -0.4 is 5.32 Å². The number of benzene rings is 1. The molecule has 0 aliphatic rings. The minimum absolute atomic E-state index is 0.150. The Hall–Kier alpha value is -0.600. The van der Waals surface area contributed by atoms with Gasteiger partial charge in [0.15, 0.2) is 0 Å². The third-order valence-corrected chi connectivity index (χ3v) is 4.05. The zero-order valence-corrected chi connectivity index (χ0v) is 12.4. The summed E-state index contributed by atoms with van der Waals surface area (Å²) in [6.45, 7) is 10.7. The van der Waals surface area contributed by atoms with Crippen molar-refractivity contribution in [3.05, 3.63) is 34.6 Å². The van der Waals surface area contributed by atoms with E-state index in [1.165, 1.54) is 6.07 Å². The van der Waals surface area contributed by atoms with E-state index in [0.717, 1.165) is 25.1 Å². The van der Waals surface area contributed by atoms with Gasteiger partial charge in [0, 0.05) is 6.54 Å². The minimum Gasteiger partial charge on any atom is -0.316 e. The largest absolute Gasteiger partial charge is 0.316 e. The maximum Gasteiger partial charge on any atom is 0.141 e. The molecule has 18 heavy (non-hydrogen) atoms. The van der Waals surface area contributed by atoms with E-state index in [1.807, 2.05) is 6.07 Å². The molecule has 1 nitrogen and oxygen atoms in total. The summed E-state index contributed by atoms with van der Waals surface area (Å²) in [4.78, 5) is 0. The number of hydrogen-bond acceptors (Lipinski definition) is 1. The lowest BCUT2D eigenvalue weighted by Crippen LogP contribution is -2.37. The Kier molecular flexibility index (Phi) is 5.61. The lowest BCUT2D eigenvalue weighted by atomic mass is 9.74. The third kappa shape index (κ3) is 3.96. The molecule has 0 heterocycles. The van der Waals surface area contributed by atoms with Crippen molar-refractivity contribution in [3.63, 3.8) is 0 Å². The second-order valence-electron chi connectivity index (χ2n) is 5.51. The summed E-state index contributed by atoms with van der Waals surface area (Å²) in [5.41, 5.74) is 1.24. The number of rotatable bonds is 6. The number of nitrogens with one attached hydrogen (secondary N) is 1. The third-order valence-electron chi connectivity index (χ3n) is 3.76. The standard InChI is InChI=1S/C15H23ClFN/c1-5-18-10-15(4,11(2)3)9-12-6-7-14(17)13(16)8-12/h6-8,11,18H,5,9-10H2,1-4H3. The van der Waals surface area contributed by atoms with Crippen LogP contribution in [0.25, 0.3) is 0 Å². The fraction of sp³-hybridized carbons (Fsp3) is 0.600. The molecule has 0 aromatic heterocycles. The quantitative estimate of drug-likeness (QED) is 0.814. The molecule has 0 aliphatic heterocycles. The average molecular weight is 272 g/mol. The van der Waals surface area contributed by atoms with E-state index in [9.17, 15) is 4.39 Å². The maximum atomic E-state index is 13.1. The topological polar surface area (TPSA) is 12.0 Å². The number of hydrogen-bond donors (Lipinski definition) is 1. The van der Waals surface area contributed by atoms with E-state index < -0.39 is 0 Å². The highest BCUT2D eigenvalue weighted by Crippen LogP contribution is 2.31.